The molecule has 2 aromatic carbocycles. The van der Waals surface area contributed by atoms with Gasteiger partial charge in [0.05, 0.1) is 7.11 Å². The van der Waals surface area contributed by atoms with Crippen molar-refractivity contribution in [1.29, 1.82) is 0 Å². The van der Waals surface area contributed by atoms with Crippen LogP contribution >= 0.6 is 0 Å². The fraction of sp³-hybridized carbons (Fsp3) is 0.167. The number of benzene rings is 2. The number of amides is 1. The number of anilines is 1. The van der Waals surface area contributed by atoms with E-state index in [1.54, 1.807) is 13.2 Å². The standard InChI is InChI=1S/C18H19NO2/c1-13-7-6-9-16(14(13)2)19-18(20)12-11-15-8-4-5-10-17(15)21-3/h4-12H,1-3H3,(H,19,20)/b12-11+. The van der Waals surface area contributed by atoms with Crippen LogP contribution in [-0.2, 0) is 4.79 Å². The highest BCUT2D eigenvalue weighted by atomic mass is 16.5. The van der Waals surface area contributed by atoms with Gasteiger partial charge in [0.15, 0.2) is 0 Å². The van der Waals surface area contributed by atoms with E-state index in [9.17, 15) is 4.79 Å². The number of hydrogen-bond acceptors (Lipinski definition) is 2. The van der Waals surface area contributed by atoms with Crippen LogP contribution in [-0.4, -0.2) is 13.0 Å². The van der Waals surface area contributed by atoms with E-state index in [0.717, 1.165) is 28.1 Å². The Morgan fingerprint density at radius 1 is 1.10 bits per heavy atom. The Morgan fingerprint density at radius 3 is 2.62 bits per heavy atom. The summed E-state index contributed by atoms with van der Waals surface area (Å²) in [6.07, 6.45) is 3.26. The SMILES string of the molecule is COc1ccccc1/C=C/C(=O)Nc1cccc(C)c1C. The number of methoxy groups -OCH3 is 1. The maximum atomic E-state index is 12.0. The highest BCUT2D eigenvalue weighted by Gasteiger charge is 2.04. The van der Waals surface area contributed by atoms with E-state index in [2.05, 4.69) is 5.32 Å². The number of aryl methyl sites for hydroxylation is 1. The highest BCUT2D eigenvalue weighted by Crippen LogP contribution is 2.20. The lowest BCUT2D eigenvalue weighted by Crippen LogP contribution is -2.09. The summed E-state index contributed by atoms with van der Waals surface area (Å²) < 4.78 is 5.25. The van der Waals surface area contributed by atoms with Crippen molar-refractivity contribution in [3.8, 4) is 5.75 Å². The third-order valence-electron chi connectivity index (χ3n) is 3.42. The Balaban J connectivity index is 2.11. The van der Waals surface area contributed by atoms with Crippen molar-refractivity contribution >= 4 is 17.7 Å². The van der Waals surface area contributed by atoms with Gasteiger partial charge in [-0.3, -0.25) is 4.79 Å². The summed E-state index contributed by atoms with van der Waals surface area (Å²) in [5.41, 5.74) is 3.94. The monoisotopic (exact) mass is 281 g/mol. The molecule has 0 aliphatic carbocycles. The summed E-state index contributed by atoms with van der Waals surface area (Å²) in [5, 5.41) is 2.89. The smallest absolute Gasteiger partial charge is 0.248 e. The molecule has 3 heteroatoms. The molecule has 0 aliphatic rings. The third kappa shape index (κ3) is 3.72. The van der Waals surface area contributed by atoms with Crippen LogP contribution in [0.25, 0.3) is 6.08 Å². The molecular formula is C18H19NO2. The van der Waals surface area contributed by atoms with E-state index < -0.39 is 0 Å². The Morgan fingerprint density at radius 2 is 1.86 bits per heavy atom. The molecule has 0 aliphatic heterocycles. The molecule has 0 radical (unpaired) electrons. The zero-order chi connectivity index (χ0) is 15.2. The van der Waals surface area contributed by atoms with Gasteiger partial charge in [0, 0.05) is 17.3 Å². The summed E-state index contributed by atoms with van der Waals surface area (Å²) >= 11 is 0. The summed E-state index contributed by atoms with van der Waals surface area (Å²) in [6.45, 7) is 4.02. The lowest BCUT2D eigenvalue weighted by atomic mass is 10.1. The molecule has 1 N–H and O–H groups in total. The van der Waals surface area contributed by atoms with Crippen molar-refractivity contribution in [3.63, 3.8) is 0 Å². The predicted octanol–water partition coefficient (Wildman–Crippen LogP) is 3.96. The molecule has 108 valence electrons. The molecule has 21 heavy (non-hydrogen) atoms. The van der Waals surface area contributed by atoms with E-state index in [4.69, 9.17) is 4.74 Å². The fourth-order valence-corrected chi connectivity index (χ4v) is 2.03. The van der Waals surface area contributed by atoms with Gasteiger partial charge in [-0.25, -0.2) is 0 Å². The van der Waals surface area contributed by atoms with Crippen molar-refractivity contribution in [1.82, 2.24) is 0 Å². The minimum absolute atomic E-state index is 0.158. The van der Waals surface area contributed by atoms with Gasteiger partial charge >= 0.3 is 0 Å². The average molecular weight is 281 g/mol. The van der Waals surface area contributed by atoms with Gasteiger partial charge in [-0.2, -0.15) is 0 Å². The van der Waals surface area contributed by atoms with E-state index in [1.807, 2.05) is 56.3 Å². The van der Waals surface area contributed by atoms with Gasteiger partial charge in [0.25, 0.3) is 0 Å². The van der Waals surface area contributed by atoms with Crippen molar-refractivity contribution < 1.29 is 9.53 Å². The molecule has 2 aromatic rings. The molecular weight excluding hydrogens is 262 g/mol. The lowest BCUT2D eigenvalue weighted by molar-refractivity contribution is -0.111. The van der Waals surface area contributed by atoms with Crippen LogP contribution in [0.2, 0.25) is 0 Å². The molecule has 0 heterocycles. The van der Waals surface area contributed by atoms with E-state index in [-0.39, 0.29) is 5.91 Å². The lowest BCUT2D eigenvalue weighted by Gasteiger charge is -2.08. The normalized spacial score (nSPS) is 10.6. The maximum absolute atomic E-state index is 12.0. The van der Waals surface area contributed by atoms with Crippen molar-refractivity contribution in [2.24, 2.45) is 0 Å². The van der Waals surface area contributed by atoms with Crippen molar-refractivity contribution in [2.45, 2.75) is 13.8 Å². The Hall–Kier alpha value is -2.55. The Kier molecular flexibility index (Phi) is 4.77. The summed E-state index contributed by atoms with van der Waals surface area (Å²) in [5.74, 6) is 0.586. The molecule has 0 aromatic heterocycles. The second-order valence-electron chi connectivity index (χ2n) is 4.81. The van der Waals surface area contributed by atoms with E-state index in [0.29, 0.717) is 0 Å². The molecule has 0 saturated carbocycles. The zero-order valence-electron chi connectivity index (χ0n) is 12.5. The third-order valence-corrected chi connectivity index (χ3v) is 3.42. The van der Waals surface area contributed by atoms with Crippen molar-refractivity contribution in [2.75, 3.05) is 12.4 Å². The first-order chi connectivity index (χ1) is 10.1. The van der Waals surface area contributed by atoms with Gasteiger partial charge < -0.3 is 10.1 Å². The summed E-state index contributed by atoms with van der Waals surface area (Å²) in [4.78, 5) is 12.0. The molecule has 0 unspecified atom stereocenters. The summed E-state index contributed by atoms with van der Waals surface area (Å²) in [7, 11) is 1.61. The number of hydrogen-bond donors (Lipinski definition) is 1. The van der Waals surface area contributed by atoms with Gasteiger partial charge in [0.2, 0.25) is 5.91 Å². The zero-order valence-corrected chi connectivity index (χ0v) is 12.5. The first-order valence-corrected chi connectivity index (χ1v) is 6.80. The van der Waals surface area contributed by atoms with Crippen LogP contribution in [0.15, 0.2) is 48.5 Å². The maximum Gasteiger partial charge on any atom is 0.248 e. The van der Waals surface area contributed by atoms with Gasteiger partial charge in [-0.15, -0.1) is 0 Å². The predicted molar refractivity (Wildman–Crippen MR) is 86.6 cm³/mol. The molecule has 0 fully saturated rings. The largest absolute Gasteiger partial charge is 0.496 e. The highest BCUT2D eigenvalue weighted by molar-refractivity contribution is 6.02. The number of carbonyl (C=O) groups excluding carboxylic acids is 1. The van der Waals surface area contributed by atoms with Crippen LogP contribution in [0.5, 0.6) is 5.75 Å². The molecule has 0 saturated heterocycles. The minimum atomic E-state index is -0.158. The van der Waals surface area contributed by atoms with Crippen LogP contribution in [0.3, 0.4) is 0 Å². The molecule has 2 rings (SSSR count). The second kappa shape index (κ2) is 6.75. The number of ether oxygens (including phenoxy) is 1. The topological polar surface area (TPSA) is 38.3 Å². The quantitative estimate of drug-likeness (QED) is 0.861. The molecule has 3 nitrogen and oxygen atoms in total. The van der Waals surface area contributed by atoms with Crippen molar-refractivity contribution in [3.05, 3.63) is 65.2 Å². The molecule has 0 bridgehead atoms. The van der Waals surface area contributed by atoms with Crippen LogP contribution in [0.4, 0.5) is 5.69 Å². The van der Waals surface area contributed by atoms with E-state index >= 15 is 0 Å². The Labute approximate surface area is 125 Å². The first-order valence-electron chi connectivity index (χ1n) is 6.80. The summed E-state index contributed by atoms with van der Waals surface area (Å²) in [6, 6.07) is 13.4. The second-order valence-corrected chi connectivity index (χ2v) is 4.81. The van der Waals surface area contributed by atoms with Gasteiger partial charge in [-0.05, 0) is 43.2 Å². The van der Waals surface area contributed by atoms with Crippen LogP contribution < -0.4 is 10.1 Å². The number of carbonyl (C=O) groups is 1. The number of para-hydroxylation sites is 1. The minimum Gasteiger partial charge on any atom is -0.496 e. The number of rotatable bonds is 4. The first kappa shape index (κ1) is 14.9. The van der Waals surface area contributed by atoms with Gasteiger partial charge in [0.1, 0.15) is 5.75 Å². The van der Waals surface area contributed by atoms with E-state index in [1.165, 1.54) is 6.08 Å². The number of nitrogens with one attached hydrogen (secondary N) is 1. The van der Waals surface area contributed by atoms with Gasteiger partial charge in [-0.1, -0.05) is 30.3 Å². The van der Waals surface area contributed by atoms with Crippen LogP contribution in [0, 0.1) is 13.8 Å². The fourth-order valence-electron chi connectivity index (χ4n) is 2.03. The molecule has 0 atom stereocenters. The average Bonchev–Trinajstić information content (AvgIpc) is 2.50. The molecule has 0 spiro atoms. The molecule has 1 amide bonds. The van der Waals surface area contributed by atoms with Crippen LogP contribution in [0.1, 0.15) is 16.7 Å². The Bertz CT molecular complexity index is 675.